The van der Waals surface area contributed by atoms with Gasteiger partial charge in [0.05, 0.1) is 10.7 Å². The first kappa shape index (κ1) is 14.7. The van der Waals surface area contributed by atoms with E-state index in [0.717, 1.165) is 29.0 Å². The molecule has 1 amide bonds. The third-order valence-electron chi connectivity index (χ3n) is 4.22. The molecule has 112 valence electrons. The van der Waals surface area contributed by atoms with Crippen molar-refractivity contribution in [3.8, 4) is 0 Å². The molecule has 3 nitrogen and oxygen atoms in total. The van der Waals surface area contributed by atoms with Crippen LogP contribution in [0.15, 0.2) is 18.2 Å². The quantitative estimate of drug-likeness (QED) is 0.874. The number of nitrogens with two attached hydrogens (primary N) is 1. The topological polar surface area (TPSA) is 55.1 Å². The zero-order valence-electron chi connectivity index (χ0n) is 11.8. The van der Waals surface area contributed by atoms with Crippen LogP contribution < -0.4 is 11.1 Å². The molecule has 1 aromatic heterocycles. The van der Waals surface area contributed by atoms with Crippen LogP contribution in [-0.4, -0.2) is 12.5 Å². The summed E-state index contributed by atoms with van der Waals surface area (Å²) in [5.41, 5.74) is 6.60. The Morgan fingerprint density at radius 1 is 1.38 bits per heavy atom. The maximum atomic E-state index is 12.3. The van der Waals surface area contributed by atoms with Crippen LogP contribution in [0.4, 0.5) is 5.69 Å². The van der Waals surface area contributed by atoms with Crippen molar-refractivity contribution in [2.45, 2.75) is 32.1 Å². The predicted molar refractivity (Wildman–Crippen MR) is 90.2 cm³/mol. The summed E-state index contributed by atoms with van der Waals surface area (Å²) < 4.78 is 0.959. The molecule has 3 rings (SSSR count). The van der Waals surface area contributed by atoms with Crippen molar-refractivity contribution in [1.29, 1.82) is 0 Å². The van der Waals surface area contributed by atoms with Gasteiger partial charge >= 0.3 is 0 Å². The second kappa shape index (κ2) is 6.24. The minimum atomic E-state index is -0.0808. The molecule has 1 heterocycles. The number of carbonyl (C=O) groups is 1. The van der Waals surface area contributed by atoms with Gasteiger partial charge in [0.1, 0.15) is 4.88 Å². The van der Waals surface area contributed by atoms with Gasteiger partial charge in [-0.25, -0.2) is 0 Å². The number of hydrogen-bond acceptors (Lipinski definition) is 3. The highest BCUT2D eigenvalue weighted by atomic mass is 35.5. The number of nitrogen functional groups attached to an aromatic ring is 1. The van der Waals surface area contributed by atoms with Gasteiger partial charge in [-0.05, 0) is 24.5 Å². The van der Waals surface area contributed by atoms with Gasteiger partial charge in [0, 0.05) is 16.6 Å². The maximum absolute atomic E-state index is 12.3. The van der Waals surface area contributed by atoms with E-state index in [9.17, 15) is 4.79 Å². The van der Waals surface area contributed by atoms with Gasteiger partial charge in [-0.2, -0.15) is 0 Å². The Balaban J connectivity index is 1.69. The summed E-state index contributed by atoms with van der Waals surface area (Å²) in [5, 5.41) is 4.39. The fourth-order valence-electron chi connectivity index (χ4n) is 3.07. The normalized spacial score (nSPS) is 15.7. The SMILES string of the molecule is Nc1c(C(=O)NCCC2CCCC2)sc2cccc(Cl)c12. The molecule has 1 saturated carbocycles. The van der Waals surface area contributed by atoms with Crippen LogP contribution in [0.2, 0.25) is 5.02 Å². The lowest BCUT2D eigenvalue weighted by Crippen LogP contribution is -2.25. The standard InChI is InChI=1S/C16H19ClN2OS/c17-11-6-3-7-12-13(11)14(18)15(21-12)16(20)19-9-8-10-4-1-2-5-10/h3,6-7,10H,1-2,4-5,8-9,18H2,(H,19,20). The Labute approximate surface area is 133 Å². The zero-order valence-corrected chi connectivity index (χ0v) is 13.4. The number of carbonyl (C=O) groups excluding carboxylic acids is 1. The molecular formula is C16H19ClN2OS. The van der Waals surface area contributed by atoms with Gasteiger partial charge in [0.25, 0.3) is 5.91 Å². The van der Waals surface area contributed by atoms with Crippen molar-refractivity contribution in [3.05, 3.63) is 28.1 Å². The van der Waals surface area contributed by atoms with Crippen molar-refractivity contribution in [2.75, 3.05) is 12.3 Å². The zero-order chi connectivity index (χ0) is 14.8. The van der Waals surface area contributed by atoms with E-state index in [1.54, 1.807) is 6.07 Å². The Morgan fingerprint density at radius 3 is 2.86 bits per heavy atom. The van der Waals surface area contributed by atoms with Crippen molar-refractivity contribution in [1.82, 2.24) is 5.32 Å². The summed E-state index contributed by atoms with van der Waals surface area (Å²) >= 11 is 7.57. The molecule has 1 aliphatic carbocycles. The van der Waals surface area contributed by atoms with E-state index in [-0.39, 0.29) is 5.91 Å². The monoisotopic (exact) mass is 322 g/mol. The molecule has 1 fully saturated rings. The Morgan fingerprint density at radius 2 is 2.14 bits per heavy atom. The minimum absolute atomic E-state index is 0.0808. The van der Waals surface area contributed by atoms with Crippen LogP contribution >= 0.6 is 22.9 Å². The van der Waals surface area contributed by atoms with Gasteiger partial charge in [0.2, 0.25) is 0 Å². The molecule has 0 spiro atoms. The fraction of sp³-hybridized carbons (Fsp3) is 0.438. The van der Waals surface area contributed by atoms with Gasteiger partial charge in [0.15, 0.2) is 0 Å². The van der Waals surface area contributed by atoms with Crippen LogP contribution in [0.3, 0.4) is 0 Å². The molecule has 21 heavy (non-hydrogen) atoms. The molecule has 0 bridgehead atoms. The van der Waals surface area contributed by atoms with Crippen molar-refractivity contribution in [3.63, 3.8) is 0 Å². The number of fused-ring (bicyclic) bond motifs is 1. The van der Waals surface area contributed by atoms with E-state index >= 15 is 0 Å². The van der Waals surface area contributed by atoms with Crippen LogP contribution in [0, 0.1) is 5.92 Å². The average molecular weight is 323 g/mol. The van der Waals surface area contributed by atoms with Crippen LogP contribution in [0.1, 0.15) is 41.8 Å². The number of benzene rings is 1. The summed E-state index contributed by atoms with van der Waals surface area (Å²) in [7, 11) is 0. The van der Waals surface area contributed by atoms with E-state index in [1.165, 1.54) is 37.0 Å². The van der Waals surface area contributed by atoms with E-state index in [4.69, 9.17) is 17.3 Å². The number of nitrogens with one attached hydrogen (secondary N) is 1. The number of anilines is 1. The first-order valence-electron chi connectivity index (χ1n) is 7.41. The van der Waals surface area contributed by atoms with E-state index in [0.29, 0.717) is 15.6 Å². The summed E-state index contributed by atoms with van der Waals surface area (Å²) in [6, 6.07) is 5.62. The summed E-state index contributed by atoms with van der Waals surface area (Å²) in [6.45, 7) is 0.727. The highest BCUT2D eigenvalue weighted by Gasteiger charge is 2.19. The lowest BCUT2D eigenvalue weighted by atomic mass is 10.0. The Kier molecular flexibility index (Phi) is 4.36. The van der Waals surface area contributed by atoms with E-state index in [1.807, 2.05) is 12.1 Å². The smallest absolute Gasteiger partial charge is 0.263 e. The largest absolute Gasteiger partial charge is 0.397 e. The lowest BCUT2D eigenvalue weighted by Gasteiger charge is -2.09. The average Bonchev–Trinajstić information content (AvgIpc) is 3.08. The van der Waals surface area contributed by atoms with Gasteiger partial charge < -0.3 is 11.1 Å². The molecule has 1 aliphatic rings. The van der Waals surface area contributed by atoms with Crippen molar-refractivity contribution < 1.29 is 4.79 Å². The fourth-order valence-corrected chi connectivity index (χ4v) is 4.46. The third kappa shape index (κ3) is 3.01. The second-order valence-electron chi connectivity index (χ2n) is 5.65. The van der Waals surface area contributed by atoms with Gasteiger partial charge in [-0.3, -0.25) is 4.79 Å². The molecule has 0 aliphatic heterocycles. The molecule has 5 heteroatoms. The maximum Gasteiger partial charge on any atom is 0.263 e. The lowest BCUT2D eigenvalue weighted by molar-refractivity contribution is 0.0956. The van der Waals surface area contributed by atoms with E-state index < -0.39 is 0 Å². The van der Waals surface area contributed by atoms with E-state index in [2.05, 4.69) is 5.32 Å². The highest BCUT2D eigenvalue weighted by molar-refractivity contribution is 7.21. The minimum Gasteiger partial charge on any atom is -0.397 e. The van der Waals surface area contributed by atoms with Crippen molar-refractivity contribution in [2.24, 2.45) is 5.92 Å². The number of thiophene rings is 1. The molecular weight excluding hydrogens is 304 g/mol. The molecule has 0 atom stereocenters. The first-order valence-corrected chi connectivity index (χ1v) is 8.61. The summed E-state index contributed by atoms with van der Waals surface area (Å²) in [4.78, 5) is 12.9. The number of hydrogen-bond donors (Lipinski definition) is 2. The third-order valence-corrected chi connectivity index (χ3v) is 5.71. The van der Waals surface area contributed by atoms with Crippen LogP contribution in [0.25, 0.3) is 10.1 Å². The first-order chi connectivity index (χ1) is 10.2. The van der Waals surface area contributed by atoms with Gasteiger partial charge in [-0.15, -0.1) is 11.3 Å². The molecule has 0 radical (unpaired) electrons. The van der Waals surface area contributed by atoms with Crippen LogP contribution in [-0.2, 0) is 0 Å². The molecule has 3 N–H and O–H groups in total. The summed E-state index contributed by atoms with van der Waals surface area (Å²) in [6.07, 6.45) is 6.34. The number of halogens is 1. The highest BCUT2D eigenvalue weighted by Crippen LogP contribution is 2.37. The molecule has 0 unspecified atom stereocenters. The van der Waals surface area contributed by atoms with Crippen LogP contribution in [0.5, 0.6) is 0 Å². The van der Waals surface area contributed by atoms with Crippen molar-refractivity contribution >= 4 is 44.6 Å². The Bertz CT molecular complexity index is 662. The molecule has 0 saturated heterocycles. The second-order valence-corrected chi connectivity index (χ2v) is 7.11. The summed E-state index contributed by atoms with van der Waals surface area (Å²) in [5.74, 6) is 0.697. The molecule has 1 aromatic carbocycles. The van der Waals surface area contributed by atoms with Gasteiger partial charge in [-0.1, -0.05) is 43.4 Å². The number of amides is 1. The molecule has 2 aromatic rings. The predicted octanol–water partition coefficient (Wildman–Crippen LogP) is 4.45. The Hall–Kier alpha value is -1.26. The number of rotatable bonds is 4.